The SMILES string of the molecule is Cc1ccc(-n2c(SCC(=O)Nc3ccc(Br)cc3Cl)nnc2-c2ccc(Cl)cc2)cc1C. The zero-order chi connectivity index (χ0) is 23.5. The molecule has 0 radical (unpaired) electrons. The van der Waals surface area contributed by atoms with Gasteiger partial charge in [0.05, 0.1) is 22.2 Å². The van der Waals surface area contributed by atoms with Crippen molar-refractivity contribution in [1.29, 1.82) is 0 Å². The lowest BCUT2D eigenvalue weighted by molar-refractivity contribution is -0.113. The van der Waals surface area contributed by atoms with Crippen LogP contribution in [0.3, 0.4) is 0 Å². The molecule has 0 saturated carbocycles. The van der Waals surface area contributed by atoms with Crippen LogP contribution in [0.25, 0.3) is 17.1 Å². The molecule has 4 rings (SSSR count). The molecular formula is C24H19BrCl2N4OS. The van der Waals surface area contributed by atoms with E-state index >= 15 is 0 Å². The van der Waals surface area contributed by atoms with E-state index < -0.39 is 0 Å². The molecule has 0 aliphatic carbocycles. The fourth-order valence-corrected chi connectivity index (χ4v) is 4.75. The van der Waals surface area contributed by atoms with Crippen LogP contribution in [0.5, 0.6) is 0 Å². The van der Waals surface area contributed by atoms with Gasteiger partial charge in [0.25, 0.3) is 0 Å². The van der Waals surface area contributed by atoms with Crippen molar-refractivity contribution in [2.75, 3.05) is 11.1 Å². The summed E-state index contributed by atoms with van der Waals surface area (Å²) in [6.45, 7) is 4.13. The second-order valence-electron chi connectivity index (χ2n) is 7.38. The summed E-state index contributed by atoms with van der Waals surface area (Å²) in [4.78, 5) is 12.6. The Bertz CT molecular complexity index is 1320. The number of aromatic nitrogens is 3. The van der Waals surface area contributed by atoms with E-state index in [0.29, 0.717) is 26.7 Å². The maximum absolute atomic E-state index is 12.6. The summed E-state index contributed by atoms with van der Waals surface area (Å²) >= 11 is 17.0. The lowest BCUT2D eigenvalue weighted by Crippen LogP contribution is -2.15. The summed E-state index contributed by atoms with van der Waals surface area (Å²) in [6, 6.07) is 18.9. The van der Waals surface area contributed by atoms with Gasteiger partial charge in [-0.2, -0.15) is 0 Å². The molecule has 0 saturated heterocycles. The van der Waals surface area contributed by atoms with E-state index in [1.165, 1.54) is 17.3 Å². The quantitative estimate of drug-likeness (QED) is 0.250. The molecule has 9 heteroatoms. The fourth-order valence-electron chi connectivity index (χ4n) is 3.15. The lowest BCUT2D eigenvalue weighted by atomic mass is 10.1. The molecule has 0 fully saturated rings. The Morgan fingerprint density at radius 3 is 2.45 bits per heavy atom. The average Bonchev–Trinajstić information content (AvgIpc) is 3.20. The smallest absolute Gasteiger partial charge is 0.234 e. The van der Waals surface area contributed by atoms with Gasteiger partial charge in [-0.1, -0.05) is 57.0 Å². The van der Waals surface area contributed by atoms with Gasteiger partial charge in [0.15, 0.2) is 11.0 Å². The maximum Gasteiger partial charge on any atom is 0.234 e. The third kappa shape index (κ3) is 5.61. The zero-order valence-electron chi connectivity index (χ0n) is 17.8. The third-order valence-electron chi connectivity index (χ3n) is 5.02. The van der Waals surface area contributed by atoms with Crippen molar-refractivity contribution in [2.45, 2.75) is 19.0 Å². The first-order valence-electron chi connectivity index (χ1n) is 9.98. The van der Waals surface area contributed by atoms with Gasteiger partial charge in [-0.05, 0) is 79.6 Å². The third-order valence-corrected chi connectivity index (χ3v) is 7.01. The number of hydrogen-bond acceptors (Lipinski definition) is 4. The minimum Gasteiger partial charge on any atom is -0.324 e. The van der Waals surface area contributed by atoms with Crippen molar-refractivity contribution in [3.8, 4) is 17.1 Å². The number of carbonyl (C=O) groups excluding carboxylic acids is 1. The number of rotatable bonds is 6. The second-order valence-corrected chi connectivity index (χ2v) is 10.1. The van der Waals surface area contributed by atoms with Gasteiger partial charge in [0, 0.05) is 15.1 Å². The van der Waals surface area contributed by atoms with Crippen molar-refractivity contribution in [2.24, 2.45) is 0 Å². The molecule has 0 atom stereocenters. The van der Waals surface area contributed by atoms with Gasteiger partial charge in [0.1, 0.15) is 0 Å². The van der Waals surface area contributed by atoms with Crippen molar-refractivity contribution in [3.63, 3.8) is 0 Å². The molecule has 0 aliphatic rings. The van der Waals surface area contributed by atoms with E-state index in [2.05, 4.69) is 57.4 Å². The lowest BCUT2D eigenvalue weighted by Gasteiger charge is -2.12. The van der Waals surface area contributed by atoms with Crippen molar-refractivity contribution < 1.29 is 4.79 Å². The summed E-state index contributed by atoms with van der Waals surface area (Å²) in [6.07, 6.45) is 0. The van der Waals surface area contributed by atoms with Crippen LogP contribution in [0.2, 0.25) is 10.0 Å². The Kier molecular flexibility index (Phi) is 7.44. The molecule has 0 bridgehead atoms. The van der Waals surface area contributed by atoms with E-state index in [1.54, 1.807) is 12.1 Å². The van der Waals surface area contributed by atoms with Crippen molar-refractivity contribution >= 4 is 62.5 Å². The number of nitrogens with zero attached hydrogens (tertiary/aromatic N) is 3. The van der Waals surface area contributed by atoms with Crippen LogP contribution in [-0.2, 0) is 4.79 Å². The Morgan fingerprint density at radius 2 is 1.76 bits per heavy atom. The highest BCUT2D eigenvalue weighted by atomic mass is 79.9. The molecule has 0 unspecified atom stereocenters. The molecule has 168 valence electrons. The topological polar surface area (TPSA) is 59.8 Å². The molecular weight excluding hydrogens is 543 g/mol. The first-order chi connectivity index (χ1) is 15.8. The van der Waals surface area contributed by atoms with Gasteiger partial charge >= 0.3 is 0 Å². The first-order valence-corrected chi connectivity index (χ1v) is 12.5. The summed E-state index contributed by atoms with van der Waals surface area (Å²) in [7, 11) is 0. The predicted molar refractivity (Wildman–Crippen MR) is 140 cm³/mol. The van der Waals surface area contributed by atoms with E-state index in [0.717, 1.165) is 21.3 Å². The Balaban J connectivity index is 1.62. The van der Waals surface area contributed by atoms with Crippen LogP contribution in [0, 0.1) is 13.8 Å². The van der Waals surface area contributed by atoms with Gasteiger partial charge in [-0.15, -0.1) is 10.2 Å². The van der Waals surface area contributed by atoms with E-state index in [4.69, 9.17) is 23.2 Å². The molecule has 3 aromatic carbocycles. The van der Waals surface area contributed by atoms with Gasteiger partial charge < -0.3 is 5.32 Å². The Hall–Kier alpha value is -2.32. The molecule has 0 aliphatic heterocycles. The van der Waals surface area contributed by atoms with Crippen molar-refractivity contribution in [1.82, 2.24) is 14.8 Å². The van der Waals surface area contributed by atoms with E-state index in [9.17, 15) is 4.79 Å². The molecule has 1 N–H and O–H groups in total. The van der Waals surface area contributed by atoms with Gasteiger partial charge in [-0.25, -0.2) is 0 Å². The number of thioether (sulfide) groups is 1. The predicted octanol–water partition coefficient (Wildman–Crippen LogP) is 7.35. The standard InChI is InChI=1S/C24H19BrCl2N4OS/c1-14-3-9-19(11-15(14)2)31-23(16-4-7-18(26)8-5-16)29-30-24(31)33-13-22(32)28-21-10-6-17(25)12-20(21)27/h3-12H,13H2,1-2H3,(H,28,32). The van der Waals surface area contributed by atoms with E-state index in [-0.39, 0.29) is 11.7 Å². The molecule has 1 amide bonds. The minimum atomic E-state index is -0.188. The van der Waals surface area contributed by atoms with Crippen molar-refractivity contribution in [3.05, 3.63) is 86.3 Å². The molecule has 5 nitrogen and oxygen atoms in total. The number of anilines is 1. The van der Waals surface area contributed by atoms with Crippen LogP contribution in [0.1, 0.15) is 11.1 Å². The van der Waals surface area contributed by atoms with Gasteiger partial charge in [0.2, 0.25) is 5.91 Å². The number of amides is 1. The zero-order valence-corrected chi connectivity index (χ0v) is 21.7. The molecule has 0 spiro atoms. The number of halogens is 3. The summed E-state index contributed by atoms with van der Waals surface area (Å²) in [5.74, 6) is 0.636. The van der Waals surface area contributed by atoms with Crippen LogP contribution in [0.15, 0.2) is 70.3 Å². The van der Waals surface area contributed by atoms with Crippen LogP contribution >= 0.6 is 50.9 Å². The highest BCUT2D eigenvalue weighted by Gasteiger charge is 2.18. The minimum absolute atomic E-state index is 0.149. The van der Waals surface area contributed by atoms with Crippen LogP contribution in [0.4, 0.5) is 5.69 Å². The normalized spacial score (nSPS) is 10.9. The van der Waals surface area contributed by atoms with Crippen LogP contribution in [-0.4, -0.2) is 26.4 Å². The fraction of sp³-hybridized carbons (Fsp3) is 0.125. The highest BCUT2D eigenvalue weighted by Crippen LogP contribution is 2.30. The Morgan fingerprint density at radius 1 is 1.00 bits per heavy atom. The number of aryl methyl sites for hydroxylation is 2. The summed E-state index contributed by atoms with van der Waals surface area (Å²) < 4.78 is 2.80. The van der Waals surface area contributed by atoms with Crippen LogP contribution < -0.4 is 5.32 Å². The molecule has 33 heavy (non-hydrogen) atoms. The highest BCUT2D eigenvalue weighted by molar-refractivity contribution is 9.10. The summed E-state index contributed by atoms with van der Waals surface area (Å²) in [5, 5.41) is 13.4. The summed E-state index contributed by atoms with van der Waals surface area (Å²) in [5.41, 5.74) is 4.71. The van der Waals surface area contributed by atoms with E-state index in [1.807, 2.05) is 41.0 Å². The molecule has 1 aromatic heterocycles. The Labute approximate surface area is 214 Å². The number of nitrogens with one attached hydrogen (secondary N) is 1. The largest absolute Gasteiger partial charge is 0.324 e. The molecule has 4 aromatic rings. The van der Waals surface area contributed by atoms with Gasteiger partial charge in [-0.3, -0.25) is 9.36 Å². The second kappa shape index (κ2) is 10.3. The number of carbonyl (C=O) groups is 1. The number of hydrogen-bond donors (Lipinski definition) is 1. The monoisotopic (exact) mass is 560 g/mol. The first kappa shape index (κ1) is 23.8. The maximum atomic E-state index is 12.6. The molecule has 1 heterocycles. The number of benzene rings is 3. The average molecular weight is 562 g/mol.